The van der Waals surface area contributed by atoms with Crippen LogP contribution < -0.4 is 5.56 Å². The van der Waals surface area contributed by atoms with Gasteiger partial charge in [0.2, 0.25) is 5.78 Å². The number of hydrogen-bond acceptors (Lipinski definition) is 5. The SMILES string of the molecule is CCn1nc(C(=O)O[C@@H](C)C(=O)c2ccc(C(C)(C)C)cc2)c2ccccc2c1=O. The third-order valence-electron chi connectivity index (χ3n) is 5.05. The molecule has 0 amide bonds. The standard InChI is InChI=1S/C24H26N2O4/c1-6-26-22(28)19-10-8-7-9-18(19)20(25-26)23(29)30-15(2)21(27)16-11-13-17(14-12-16)24(3,4)5/h7-15H,6H2,1-5H3/t15-/m0/s1. The smallest absolute Gasteiger partial charge is 0.360 e. The van der Waals surface area contributed by atoms with Gasteiger partial charge in [-0.25, -0.2) is 9.48 Å². The van der Waals surface area contributed by atoms with Crippen molar-refractivity contribution in [2.24, 2.45) is 0 Å². The van der Waals surface area contributed by atoms with Gasteiger partial charge in [0.05, 0.1) is 5.39 Å². The van der Waals surface area contributed by atoms with Crippen LogP contribution in [0.3, 0.4) is 0 Å². The number of hydrogen-bond donors (Lipinski definition) is 0. The molecule has 0 saturated carbocycles. The van der Waals surface area contributed by atoms with Crippen molar-refractivity contribution in [1.82, 2.24) is 9.78 Å². The first-order valence-electron chi connectivity index (χ1n) is 9.99. The molecule has 0 unspecified atom stereocenters. The second-order valence-corrected chi connectivity index (χ2v) is 8.25. The van der Waals surface area contributed by atoms with E-state index in [1.807, 2.05) is 12.1 Å². The van der Waals surface area contributed by atoms with Crippen LogP contribution in [0, 0.1) is 0 Å². The van der Waals surface area contributed by atoms with Crippen LogP contribution in [0.25, 0.3) is 10.8 Å². The van der Waals surface area contributed by atoms with Crippen LogP contribution in [-0.4, -0.2) is 27.6 Å². The predicted octanol–water partition coefficient (Wildman–Crippen LogP) is 4.14. The largest absolute Gasteiger partial charge is 0.449 e. The highest BCUT2D eigenvalue weighted by Crippen LogP contribution is 2.23. The zero-order chi connectivity index (χ0) is 22.1. The van der Waals surface area contributed by atoms with Crippen molar-refractivity contribution in [2.75, 3.05) is 0 Å². The fourth-order valence-electron chi connectivity index (χ4n) is 3.24. The van der Waals surface area contributed by atoms with Crippen molar-refractivity contribution >= 4 is 22.5 Å². The average molecular weight is 406 g/mol. The molecule has 2 aromatic carbocycles. The number of carbonyl (C=O) groups excluding carboxylic acids is 2. The Kier molecular flexibility index (Phi) is 5.87. The van der Waals surface area contributed by atoms with E-state index in [1.165, 1.54) is 11.6 Å². The van der Waals surface area contributed by atoms with Gasteiger partial charge in [-0.3, -0.25) is 9.59 Å². The molecule has 156 valence electrons. The Morgan fingerprint density at radius 2 is 1.63 bits per heavy atom. The van der Waals surface area contributed by atoms with E-state index in [0.717, 1.165) is 5.56 Å². The molecule has 1 aromatic heterocycles. The highest BCUT2D eigenvalue weighted by atomic mass is 16.5. The summed E-state index contributed by atoms with van der Waals surface area (Å²) in [6, 6.07) is 14.1. The van der Waals surface area contributed by atoms with Gasteiger partial charge in [-0.15, -0.1) is 0 Å². The number of nitrogens with zero attached hydrogens (tertiary/aromatic N) is 2. The molecule has 0 radical (unpaired) electrons. The topological polar surface area (TPSA) is 78.3 Å². The van der Waals surface area contributed by atoms with Crippen LogP contribution in [0.1, 0.15) is 61.0 Å². The first-order chi connectivity index (χ1) is 14.1. The van der Waals surface area contributed by atoms with E-state index in [9.17, 15) is 14.4 Å². The summed E-state index contributed by atoms with van der Waals surface area (Å²) in [5.74, 6) is -1.03. The normalized spacial score (nSPS) is 12.6. The summed E-state index contributed by atoms with van der Waals surface area (Å²) in [6.07, 6.45) is -0.986. The number of ketones is 1. The van der Waals surface area contributed by atoms with Crippen LogP contribution in [0.5, 0.6) is 0 Å². The lowest BCUT2D eigenvalue weighted by Crippen LogP contribution is -2.29. The van der Waals surface area contributed by atoms with Gasteiger partial charge in [0, 0.05) is 17.5 Å². The van der Waals surface area contributed by atoms with Crippen LogP contribution in [-0.2, 0) is 16.7 Å². The maximum atomic E-state index is 12.8. The van der Waals surface area contributed by atoms with Crippen molar-refractivity contribution in [1.29, 1.82) is 0 Å². The van der Waals surface area contributed by atoms with Gasteiger partial charge in [-0.1, -0.05) is 63.2 Å². The van der Waals surface area contributed by atoms with Gasteiger partial charge < -0.3 is 4.74 Å². The molecule has 6 nitrogen and oxygen atoms in total. The van der Waals surface area contributed by atoms with E-state index in [-0.39, 0.29) is 22.5 Å². The quantitative estimate of drug-likeness (QED) is 0.470. The van der Waals surface area contributed by atoms with Crippen molar-refractivity contribution in [3.8, 4) is 0 Å². The Hall–Kier alpha value is -3.28. The fourth-order valence-corrected chi connectivity index (χ4v) is 3.24. The van der Waals surface area contributed by atoms with Gasteiger partial charge in [0.1, 0.15) is 0 Å². The summed E-state index contributed by atoms with van der Waals surface area (Å²) in [5, 5.41) is 4.96. The molecule has 0 spiro atoms. The van der Waals surface area contributed by atoms with E-state index >= 15 is 0 Å². The lowest BCUT2D eigenvalue weighted by Gasteiger charge is -2.19. The maximum absolute atomic E-state index is 12.8. The van der Waals surface area contributed by atoms with Gasteiger partial charge >= 0.3 is 5.97 Å². The average Bonchev–Trinajstić information content (AvgIpc) is 2.73. The van der Waals surface area contributed by atoms with E-state index in [2.05, 4.69) is 25.9 Å². The molecule has 0 aliphatic heterocycles. The van der Waals surface area contributed by atoms with Crippen molar-refractivity contribution in [3.05, 3.63) is 75.7 Å². The lowest BCUT2D eigenvalue weighted by atomic mass is 9.86. The Bertz CT molecular complexity index is 1150. The molecule has 1 atom stereocenters. The zero-order valence-corrected chi connectivity index (χ0v) is 17.9. The molecule has 0 aliphatic rings. The number of rotatable bonds is 5. The first-order valence-corrected chi connectivity index (χ1v) is 9.99. The zero-order valence-electron chi connectivity index (χ0n) is 17.9. The highest BCUT2D eigenvalue weighted by molar-refractivity contribution is 6.05. The summed E-state index contributed by atoms with van der Waals surface area (Å²) in [6.45, 7) is 9.92. The number of ether oxygens (including phenoxy) is 1. The Morgan fingerprint density at radius 1 is 1.03 bits per heavy atom. The molecule has 30 heavy (non-hydrogen) atoms. The summed E-state index contributed by atoms with van der Waals surface area (Å²) >= 11 is 0. The summed E-state index contributed by atoms with van der Waals surface area (Å²) < 4.78 is 6.65. The summed E-state index contributed by atoms with van der Waals surface area (Å²) in [4.78, 5) is 38.0. The Labute approximate surface area is 175 Å². The van der Waals surface area contributed by atoms with E-state index in [4.69, 9.17) is 4.74 Å². The minimum atomic E-state index is -0.986. The van der Waals surface area contributed by atoms with Gasteiger partial charge in [-0.05, 0) is 30.9 Å². The van der Waals surface area contributed by atoms with E-state index < -0.39 is 12.1 Å². The first kappa shape index (κ1) is 21.4. The third kappa shape index (κ3) is 4.17. The fraction of sp³-hybridized carbons (Fsp3) is 0.333. The summed E-state index contributed by atoms with van der Waals surface area (Å²) in [7, 11) is 0. The van der Waals surface area contributed by atoms with Gasteiger partial charge in [0.15, 0.2) is 11.8 Å². The van der Waals surface area contributed by atoms with Crippen LogP contribution in [0.4, 0.5) is 0 Å². The molecule has 0 bridgehead atoms. The van der Waals surface area contributed by atoms with Crippen LogP contribution in [0.15, 0.2) is 53.3 Å². The molecule has 3 rings (SSSR count). The monoisotopic (exact) mass is 406 g/mol. The number of carbonyl (C=O) groups is 2. The molecule has 1 heterocycles. The maximum Gasteiger partial charge on any atom is 0.360 e. The molecule has 0 aliphatic carbocycles. The lowest BCUT2D eigenvalue weighted by molar-refractivity contribution is 0.0313. The molecule has 6 heteroatoms. The summed E-state index contributed by atoms with van der Waals surface area (Å²) in [5.41, 5.74) is 1.32. The van der Waals surface area contributed by atoms with Crippen molar-refractivity contribution in [3.63, 3.8) is 0 Å². The second kappa shape index (κ2) is 8.22. The van der Waals surface area contributed by atoms with Gasteiger partial charge in [-0.2, -0.15) is 5.10 Å². The molecule has 0 fully saturated rings. The molecular formula is C24H26N2O4. The van der Waals surface area contributed by atoms with E-state index in [0.29, 0.717) is 22.9 Å². The highest BCUT2D eigenvalue weighted by Gasteiger charge is 2.24. The minimum absolute atomic E-state index is 0.0191. The number of esters is 1. The Morgan fingerprint density at radius 3 is 2.20 bits per heavy atom. The minimum Gasteiger partial charge on any atom is -0.449 e. The molecule has 0 N–H and O–H groups in total. The third-order valence-corrected chi connectivity index (χ3v) is 5.05. The predicted molar refractivity (Wildman–Crippen MR) is 116 cm³/mol. The second-order valence-electron chi connectivity index (χ2n) is 8.25. The van der Waals surface area contributed by atoms with Crippen LogP contribution >= 0.6 is 0 Å². The number of aryl methyl sites for hydroxylation is 1. The number of benzene rings is 2. The molecule has 3 aromatic rings. The number of fused-ring (bicyclic) bond motifs is 1. The van der Waals surface area contributed by atoms with Crippen molar-refractivity contribution in [2.45, 2.75) is 52.7 Å². The number of aromatic nitrogens is 2. The number of Topliss-reactive ketones (excluding diaryl/α,β-unsaturated/α-hetero) is 1. The Balaban J connectivity index is 1.86. The van der Waals surface area contributed by atoms with Gasteiger partial charge in [0.25, 0.3) is 5.56 Å². The van der Waals surface area contributed by atoms with E-state index in [1.54, 1.807) is 43.3 Å². The van der Waals surface area contributed by atoms with Crippen molar-refractivity contribution < 1.29 is 14.3 Å². The molecular weight excluding hydrogens is 380 g/mol. The molecule has 0 saturated heterocycles. The van der Waals surface area contributed by atoms with Crippen LogP contribution in [0.2, 0.25) is 0 Å².